The van der Waals surface area contributed by atoms with Crippen LogP contribution in [0.4, 0.5) is 0 Å². The first kappa shape index (κ1) is 19.1. The van der Waals surface area contributed by atoms with Crippen molar-refractivity contribution < 1.29 is 18.0 Å². The molecule has 1 aromatic rings. The summed E-state index contributed by atoms with van der Waals surface area (Å²) in [6.07, 6.45) is 2.17. The Hall–Kier alpha value is -2.19. The number of benzene rings is 1. The zero-order valence-corrected chi connectivity index (χ0v) is 16.5. The number of carbonyl (C=O) groups is 2. The van der Waals surface area contributed by atoms with E-state index in [9.17, 15) is 18.0 Å². The van der Waals surface area contributed by atoms with Gasteiger partial charge in [0.2, 0.25) is 15.9 Å². The predicted octanol–water partition coefficient (Wildman–Crippen LogP) is 0.853. The Labute approximate surface area is 165 Å². The molecular weight excluding hydrogens is 378 g/mol. The largest absolute Gasteiger partial charge is 0.349 e. The SMILES string of the molecule is C=CC(=O)NC1C2CN(S(=O)(=O)C3CCN(C(=O)c4ccccc4)CC3)CC21. The van der Waals surface area contributed by atoms with Crippen LogP contribution in [0, 0.1) is 11.8 Å². The molecule has 1 saturated carbocycles. The summed E-state index contributed by atoms with van der Waals surface area (Å²) >= 11 is 0. The van der Waals surface area contributed by atoms with E-state index in [1.54, 1.807) is 21.3 Å². The summed E-state index contributed by atoms with van der Waals surface area (Å²) in [6.45, 7) is 5.29. The lowest BCUT2D eigenvalue weighted by Crippen LogP contribution is -2.47. The number of sulfonamides is 1. The van der Waals surface area contributed by atoms with Crippen molar-refractivity contribution in [1.82, 2.24) is 14.5 Å². The highest BCUT2D eigenvalue weighted by molar-refractivity contribution is 7.89. The van der Waals surface area contributed by atoms with E-state index in [0.717, 1.165) is 0 Å². The standard InChI is InChI=1S/C20H25N3O4S/c1-2-18(24)21-19-16-12-23(13-17(16)19)28(26,27)15-8-10-22(11-9-15)20(25)14-6-4-3-5-7-14/h2-7,15-17,19H,1,8-13H2,(H,21,24). The lowest BCUT2D eigenvalue weighted by molar-refractivity contribution is -0.116. The van der Waals surface area contributed by atoms with Crippen LogP contribution >= 0.6 is 0 Å². The van der Waals surface area contributed by atoms with Crippen molar-refractivity contribution in [2.45, 2.75) is 24.1 Å². The maximum absolute atomic E-state index is 13.0. The van der Waals surface area contributed by atoms with Crippen molar-refractivity contribution in [3.8, 4) is 0 Å². The van der Waals surface area contributed by atoms with Gasteiger partial charge in [0, 0.05) is 37.8 Å². The van der Waals surface area contributed by atoms with Crippen molar-refractivity contribution in [1.29, 1.82) is 0 Å². The van der Waals surface area contributed by atoms with E-state index in [2.05, 4.69) is 11.9 Å². The van der Waals surface area contributed by atoms with Crippen LogP contribution in [0.15, 0.2) is 43.0 Å². The molecule has 2 amide bonds. The van der Waals surface area contributed by atoms with E-state index >= 15 is 0 Å². The number of nitrogens with one attached hydrogen (secondary N) is 1. The van der Waals surface area contributed by atoms with Gasteiger partial charge >= 0.3 is 0 Å². The van der Waals surface area contributed by atoms with Gasteiger partial charge in [0.05, 0.1) is 5.25 Å². The van der Waals surface area contributed by atoms with Gasteiger partial charge in [-0.2, -0.15) is 0 Å². The summed E-state index contributed by atoms with van der Waals surface area (Å²) in [5, 5.41) is 2.43. The number of hydrogen-bond acceptors (Lipinski definition) is 4. The first-order valence-electron chi connectivity index (χ1n) is 9.68. The van der Waals surface area contributed by atoms with Crippen molar-refractivity contribution in [3.63, 3.8) is 0 Å². The van der Waals surface area contributed by atoms with E-state index in [-0.39, 0.29) is 29.7 Å². The molecule has 2 unspecified atom stereocenters. The number of amides is 2. The number of fused-ring (bicyclic) bond motifs is 1. The molecule has 1 aromatic carbocycles. The normalized spacial score (nSPS) is 27.9. The van der Waals surface area contributed by atoms with Crippen LogP contribution < -0.4 is 5.32 Å². The smallest absolute Gasteiger partial charge is 0.253 e. The first-order chi connectivity index (χ1) is 13.4. The fourth-order valence-electron chi connectivity index (χ4n) is 4.46. The van der Waals surface area contributed by atoms with Crippen molar-refractivity contribution >= 4 is 21.8 Å². The second-order valence-corrected chi connectivity index (χ2v) is 10.00. The fourth-order valence-corrected chi connectivity index (χ4v) is 6.45. The molecule has 3 aliphatic rings. The van der Waals surface area contributed by atoms with E-state index in [1.165, 1.54) is 6.08 Å². The molecule has 1 aliphatic carbocycles. The molecule has 2 heterocycles. The zero-order valence-electron chi connectivity index (χ0n) is 15.7. The zero-order chi connectivity index (χ0) is 19.9. The molecule has 3 fully saturated rings. The van der Waals surface area contributed by atoms with E-state index in [4.69, 9.17) is 0 Å². The Kier molecular flexibility index (Phi) is 5.01. The summed E-state index contributed by atoms with van der Waals surface area (Å²) < 4.78 is 27.6. The van der Waals surface area contributed by atoms with Crippen LogP contribution in [-0.2, 0) is 14.8 Å². The van der Waals surface area contributed by atoms with Gasteiger partial charge < -0.3 is 10.2 Å². The van der Waals surface area contributed by atoms with E-state index < -0.39 is 15.3 Å². The van der Waals surface area contributed by atoms with Crippen LogP contribution in [0.2, 0.25) is 0 Å². The predicted molar refractivity (Wildman–Crippen MR) is 105 cm³/mol. The molecule has 2 atom stereocenters. The number of likely N-dealkylation sites (tertiary alicyclic amines) is 1. The molecule has 7 nitrogen and oxygen atoms in total. The summed E-state index contributed by atoms with van der Waals surface area (Å²) in [4.78, 5) is 25.7. The van der Waals surface area contributed by atoms with Crippen molar-refractivity contribution in [2.24, 2.45) is 11.8 Å². The summed E-state index contributed by atoms with van der Waals surface area (Å²) in [6, 6.07) is 9.15. The molecule has 4 rings (SSSR count). The van der Waals surface area contributed by atoms with Crippen LogP contribution in [0.3, 0.4) is 0 Å². The van der Waals surface area contributed by atoms with Gasteiger partial charge in [0.25, 0.3) is 5.91 Å². The minimum atomic E-state index is -3.37. The van der Waals surface area contributed by atoms with Crippen LogP contribution in [-0.4, -0.2) is 66.9 Å². The number of hydrogen-bond donors (Lipinski definition) is 1. The lowest BCUT2D eigenvalue weighted by atomic mass is 10.1. The third-order valence-electron chi connectivity index (χ3n) is 6.19. The molecule has 150 valence electrons. The molecule has 8 heteroatoms. The van der Waals surface area contributed by atoms with Crippen LogP contribution in [0.5, 0.6) is 0 Å². The minimum absolute atomic E-state index is 0.0420. The Morgan fingerprint density at radius 2 is 1.68 bits per heavy atom. The van der Waals surface area contributed by atoms with Gasteiger partial charge in [-0.1, -0.05) is 24.8 Å². The monoisotopic (exact) mass is 403 g/mol. The molecular formula is C20H25N3O4S. The molecule has 0 aromatic heterocycles. The van der Waals surface area contributed by atoms with Gasteiger partial charge in [-0.25, -0.2) is 12.7 Å². The second-order valence-electron chi connectivity index (χ2n) is 7.79. The van der Waals surface area contributed by atoms with E-state index in [0.29, 0.717) is 44.6 Å². The number of piperidine rings is 2. The Morgan fingerprint density at radius 3 is 2.25 bits per heavy atom. The maximum atomic E-state index is 13.0. The van der Waals surface area contributed by atoms with Gasteiger partial charge in [-0.3, -0.25) is 9.59 Å². The average Bonchev–Trinajstić information content (AvgIpc) is 3.14. The maximum Gasteiger partial charge on any atom is 0.253 e. The topological polar surface area (TPSA) is 86.8 Å². The molecule has 1 N–H and O–H groups in total. The Balaban J connectivity index is 1.31. The molecule has 0 spiro atoms. The van der Waals surface area contributed by atoms with Crippen molar-refractivity contribution in [2.75, 3.05) is 26.2 Å². The second kappa shape index (κ2) is 7.33. The lowest BCUT2D eigenvalue weighted by Gasteiger charge is -2.34. The molecule has 2 saturated heterocycles. The Morgan fingerprint density at radius 1 is 1.07 bits per heavy atom. The number of carbonyl (C=O) groups excluding carboxylic acids is 2. The molecule has 2 aliphatic heterocycles. The average molecular weight is 404 g/mol. The molecule has 0 bridgehead atoms. The summed E-state index contributed by atoms with van der Waals surface area (Å²) in [5.41, 5.74) is 0.635. The number of nitrogens with zero attached hydrogens (tertiary/aromatic N) is 2. The highest BCUT2D eigenvalue weighted by atomic mass is 32.2. The van der Waals surface area contributed by atoms with Gasteiger partial charge in [-0.15, -0.1) is 0 Å². The minimum Gasteiger partial charge on any atom is -0.349 e. The van der Waals surface area contributed by atoms with Crippen molar-refractivity contribution in [3.05, 3.63) is 48.6 Å². The number of rotatable bonds is 5. The van der Waals surface area contributed by atoms with Gasteiger partial charge in [0.1, 0.15) is 0 Å². The molecule has 0 radical (unpaired) electrons. The third kappa shape index (κ3) is 3.46. The fraction of sp³-hybridized carbons (Fsp3) is 0.500. The van der Waals surface area contributed by atoms with Gasteiger partial charge in [0.15, 0.2) is 0 Å². The molecule has 28 heavy (non-hydrogen) atoms. The van der Waals surface area contributed by atoms with Gasteiger partial charge in [-0.05, 0) is 42.9 Å². The Bertz CT molecular complexity index is 866. The highest BCUT2D eigenvalue weighted by Gasteiger charge is 2.59. The third-order valence-corrected chi connectivity index (χ3v) is 8.52. The summed E-state index contributed by atoms with van der Waals surface area (Å²) in [5.74, 6) is 0.167. The van der Waals surface area contributed by atoms with E-state index in [1.807, 2.05) is 18.2 Å². The highest BCUT2D eigenvalue weighted by Crippen LogP contribution is 2.47. The van der Waals surface area contributed by atoms with Crippen LogP contribution in [0.1, 0.15) is 23.2 Å². The quantitative estimate of drug-likeness (QED) is 0.739. The summed E-state index contributed by atoms with van der Waals surface area (Å²) in [7, 11) is -3.37. The van der Waals surface area contributed by atoms with Crippen LogP contribution in [0.25, 0.3) is 0 Å². The first-order valence-corrected chi connectivity index (χ1v) is 11.2.